The van der Waals surface area contributed by atoms with E-state index in [-0.39, 0.29) is 5.56 Å². The van der Waals surface area contributed by atoms with Crippen LogP contribution in [0.1, 0.15) is 10.4 Å². The average Bonchev–Trinajstić information content (AvgIpc) is 2.30. The van der Waals surface area contributed by atoms with E-state index >= 15 is 0 Å². The maximum absolute atomic E-state index is 10.8. The van der Waals surface area contributed by atoms with Gasteiger partial charge in [0.1, 0.15) is 0 Å². The number of rotatable bonds is 2. The fraction of sp³-hybridized carbons (Fsp3) is 0. The van der Waals surface area contributed by atoms with Crippen LogP contribution in [0.4, 0.5) is 0 Å². The molecule has 73 valence electrons. The van der Waals surface area contributed by atoms with Gasteiger partial charge in [-0.05, 0) is 29.3 Å². The van der Waals surface area contributed by atoms with E-state index in [1.54, 1.807) is 12.1 Å². The minimum absolute atomic E-state index is 0.285. The van der Waals surface area contributed by atoms with Crippen LogP contribution in [-0.4, -0.2) is 11.1 Å². The van der Waals surface area contributed by atoms with Crippen LogP contribution in [0.3, 0.4) is 0 Å². The topological polar surface area (TPSA) is 37.3 Å². The van der Waals surface area contributed by atoms with E-state index in [2.05, 4.69) is 6.07 Å². The highest BCUT2D eigenvalue weighted by molar-refractivity contribution is 5.89. The first-order chi connectivity index (χ1) is 7.27. The van der Waals surface area contributed by atoms with Gasteiger partial charge in [-0.25, -0.2) is 4.79 Å². The van der Waals surface area contributed by atoms with Crippen LogP contribution in [0, 0.1) is 6.07 Å². The molecule has 0 saturated heterocycles. The Morgan fingerprint density at radius 2 is 1.87 bits per heavy atom. The minimum Gasteiger partial charge on any atom is -0.478 e. The van der Waals surface area contributed by atoms with Gasteiger partial charge in [0.2, 0.25) is 0 Å². The number of carboxylic acids is 1. The van der Waals surface area contributed by atoms with Gasteiger partial charge >= 0.3 is 5.97 Å². The number of carboxylic acid groups (broad SMARTS) is 1. The Bertz CT molecular complexity index is 475. The molecule has 2 heteroatoms. The summed E-state index contributed by atoms with van der Waals surface area (Å²) in [4.78, 5) is 10.8. The van der Waals surface area contributed by atoms with Gasteiger partial charge in [-0.1, -0.05) is 36.4 Å². The molecule has 0 aliphatic heterocycles. The molecule has 0 heterocycles. The molecular formula is C13H9O2. The molecule has 0 aliphatic carbocycles. The molecule has 0 atom stereocenters. The molecule has 1 radical (unpaired) electrons. The number of hydrogen-bond acceptors (Lipinski definition) is 1. The van der Waals surface area contributed by atoms with Crippen molar-refractivity contribution in [3.05, 3.63) is 60.2 Å². The summed E-state index contributed by atoms with van der Waals surface area (Å²) in [6, 6.07) is 17.4. The summed E-state index contributed by atoms with van der Waals surface area (Å²) in [5, 5.41) is 8.84. The molecule has 1 N–H and O–H groups in total. The zero-order valence-electron chi connectivity index (χ0n) is 7.97. The molecule has 2 aromatic carbocycles. The van der Waals surface area contributed by atoms with Crippen LogP contribution in [0.25, 0.3) is 11.1 Å². The van der Waals surface area contributed by atoms with E-state index in [0.29, 0.717) is 0 Å². The molecule has 0 aromatic heterocycles. The third-order valence-corrected chi connectivity index (χ3v) is 2.13. The molecule has 0 unspecified atom stereocenters. The van der Waals surface area contributed by atoms with E-state index in [9.17, 15) is 4.79 Å². The Morgan fingerprint density at radius 3 is 2.53 bits per heavy atom. The standard InChI is InChI=1S/C13H9O2/c14-13(15)12-8-4-7-11(9-12)10-5-2-1-3-6-10/h1-6,8-9H,(H,14,15). The lowest BCUT2D eigenvalue weighted by Gasteiger charge is -2.01. The van der Waals surface area contributed by atoms with E-state index < -0.39 is 5.97 Å². The van der Waals surface area contributed by atoms with Crippen LogP contribution in [0.15, 0.2) is 48.5 Å². The third kappa shape index (κ3) is 2.05. The van der Waals surface area contributed by atoms with Crippen LogP contribution < -0.4 is 0 Å². The molecule has 2 nitrogen and oxygen atoms in total. The largest absolute Gasteiger partial charge is 0.478 e. The van der Waals surface area contributed by atoms with Crippen molar-refractivity contribution >= 4 is 5.97 Å². The number of aromatic carboxylic acids is 1. The average molecular weight is 197 g/mol. The Hall–Kier alpha value is -2.09. The van der Waals surface area contributed by atoms with E-state index in [4.69, 9.17) is 5.11 Å². The maximum Gasteiger partial charge on any atom is 0.335 e. The lowest BCUT2D eigenvalue weighted by molar-refractivity contribution is 0.0697. The SMILES string of the molecule is O=C(O)c1cc[c]c(-c2ccccc2)c1. The van der Waals surface area contributed by atoms with Crippen molar-refractivity contribution in [2.24, 2.45) is 0 Å². The Balaban J connectivity index is 2.46. The Kier molecular flexibility index (Phi) is 2.50. The number of carbonyl (C=O) groups is 1. The summed E-state index contributed by atoms with van der Waals surface area (Å²) in [7, 11) is 0. The second-order valence-corrected chi connectivity index (χ2v) is 3.16. The fourth-order valence-corrected chi connectivity index (χ4v) is 1.38. The first-order valence-electron chi connectivity index (χ1n) is 4.58. The zero-order chi connectivity index (χ0) is 10.7. The van der Waals surface area contributed by atoms with Gasteiger partial charge in [-0.3, -0.25) is 0 Å². The van der Waals surface area contributed by atoms with Gasteiger partial charge in [0.15, 0.2) is 0 Å². The van der Waals surface area contributed by atoms with Crippen molar-refractivity contribution < 1.29 is 9.90 Å². The van der Waals surface area contributed by atoms with Gasteiger partial charge in [0.05, 0.1) is 5.56 Å². The summed E-state index contributed by atoms with van der Waals surface area (Å²) < 4.78 is 0. The van der Waals surface area contributed by atoms with Crippen LogP contribution >= 0.6 is 0 Å². The van der Waals surface area contributed by atoms with Gasteiger partial charge in [-0.2, -0.15) is 0 Å². The monoisotopic (exact) mass is 197 g/mol. The number of benzene rings is 2. The molecule has 2 aromatic rings. The molecule has 0 fully saturated rings. The molecule has 0 spiro atoms. The van der Waals surface area contributed by atoms with Crippen LogP contribution in [0.2, 0.25) is 0 Å². The summed E-state index contributed by atoms with van der Waals surface area (Å²) in [5.74, 6) is -0.916. The lowest BCUT2D eigenvalue weighted by Crippen LogP contribution is -1.95. The summed E-state index contributed by atoms with van der Waals surface area (Å²) in [6.45, 7) is 0. The first-order valence-corrected chi connectivity index (χ1v) is 4.58. The Labute approximate surface area is 87.8 Å². The first kappa shape index (κ1) is 9.46. The number of hydrogen-bond donors (Lipinski definition) is 1. The molecule has 0 saturated carbocycles. The van der Waals surface area contributed by atoms with E-state index in [1.165, 1.54) is 6.07 Å². The highest BCUT2D eigenvalue weighted by atomic mass is 16.4. The highest BCUT2D eigenvalue weighted by Crippen LogP contribution is 2.19. The van der Waals surface area contributed by atoms with Crippen molar-refractivity contribution in [1.82, 2.24) is 0 Å². The van der Waals surface area contributed by atoms with Gasteiger partial charge in [-0.15, -0.1) is 0 Å². The second-order valence-electron chi connectivity index (χ2n) is 3.16. The van der Waals surface area contributed by atoms with Crippen molar-refractivity contribution in [3.63, 3.8) is 0 Å². The van der Waals surface area contributed by atoms with Gasteiger partial charge in [0.25, 0.3) is 0 Å². The lowest BCUT2D eigenvalue weighted by atomic mass is 10.0. The van der Waals surface area contributed by atoms with Crippen molar-refractivity contribution in [2.75, 3.05) is 0 Å². The quantitative estimate of drug-likeness (QED) is 0.803. The molecule has 2 rings (SSSR count). The normalized spacial score (nSPS) is 9.87. The predicted octanol–water partition coefficient (Wildman–Crippen LogP) is 2.85. The van der Waals surface area contributed by atoms with Crippen molar-refractivity contribution in [3.8, 4) is 11.1 Å². The smallest absolute Gasteiger partial charge is 0.335 e. The van der Waals surface area contributed by atoms with Crippen LogP contribution in [-0.2, 0) is 0 Å². The van der Waals surface area contributed by atoms with Crippen molar-refractivity contribution in [2.45, 2.75) is 0 Å². The van der Waals surface area contributed by atoms with Gasteiger partial charge in [0, 0.05) is 0 Å². The maximum atomic E-state index is 10.8. The molecular weight excluding hydrogens is 188 g/mol. The summed E-state index contributed by atoms with van der Waals surface area (Å²) in [6.07, 6.45) is 0. The molecule has 15 heavy (non-hydrogen) atoms. The summed E-state index contributed by atoms with van der Waals surface area (Å²) in [5.41, 5.74) is 2.06. The molecule has 0 aliphatic rings. The third-order valence-electron chi connectivity index (χ3n) is 2.13. The summed E-state index contributed by atoms with van der Waals surface area (Å²) >= 11 is 0. The van der Waals surface area contributed by atoms with Gasteiger partial charge < -0.3 is 5.11 Å². The minimum atomic E-state index is -0.916. The predicted molar refractivity (Wildman–Crippen MR) is 57.7 cm³/mol. The molecule has 0 amide bonds. The zero-order valence-corrected chi connectivity index (χ0v) is 7.97. The van der Waals surface area contributed by atoms with Crippen LogP contribution in [0.5, 0.6) is 0 Å². The van der Waals surface area contributed by atoms with E-state index in [1.807, 2.05) is 30.3 Å². The second kappa shape index (κ2) is 3.96. The molecule has 0 bridgehead atoms. The van der Waals surface area contributed by atoms with E-state index in [0.717, 1.165) is 11.1 Å². The Morgan fingerprint density at radius 1 is 1.13 bits per heavy atom. The van der Waals surface area contributed by atoms with Crippen molar-refractivity contribution in [1.29, 1.82) is 0 Å². The highest BCUT2D eigenvalue weighted by Gasteiger charge is 2.04. The fourth-order valence-electron chi connectivity index (χ4n) is 1.38.